The van der Waals surface area contributed by atoms with E-state index in [4.69, 9.17) is 5.26 Å². The van der Waals surface area contributed by atoms with Crippen LogP contribution >= 0.6 is 0 Å². The Labute approximate surface area is 124 Å². The summed E-state index contributed by atoms with van der Waals surface area (Å²) in [6.45, 7) is 1.96. The van der Waals surface area contributed by atoms with Crippen molar-refractivity contribution in [1.82, 2.24) is 10.0 Å². The normalized spacial score (nSPS) is 16.6. The van der Waals surface area contributed by atoms with Crippen molar-refractivity contribution >= 4 is 15.9 Å². The summed E-state index contributed by atoms with van der Waals surface area (Å²) in [7, 11) is -3.60. The third-order valence-corrected chi connectivity index (χ3v) is 5.06. The van der Waals surface area contributed by atoms with Crippen molar-refractivity contribution in [3.8, 4) is 6.07 Å². The fourth-order valence-electron chi connectivity index (χ4n) is 2.16. The lowest BCUT2D eigenvalue weighted by atomic mass is 9.78. The Morgan fingerprint density at radius 2 is 2.14 bits per heavy atom. The van der Waals surface area contributed by atoms with Gasteiger partial charge in [-0.05, 0) is 37.5 Å². The maximum atomic E-state index is 12.2. The number of benzene rings is 1. The van der Waals surface area contributed by atoms with Gasteiger partial charge in [0, 0.05) is 12.1 Å². The standard InChI is InChI=1S/C14H17N3O3S/c1-2-16-21(19,20)12-6-3-5-11(9-12)13(18)17-14(10-15)7-4-8-14/h3,5-6,9,16H,2,4,7-8H2,1H3,(H,17,18). The third-order valence-electron chi connectivity index (χ3n) is 3.51. The predicted molar refractivity (Wildman–Crippen MR) is 77.0 cm³/mol. The zero-order valence-electron chi connectivity index (χ0n) is 11.7. The van der Waals surface area contributed by atoms with Crippen LogP contribution in [0.4, 0.5) is 0 Å². The molecule has 6 nitrogen and oxygen atoms in total. The summed E-state index contributed by atoms with van der Waals surface area (Å²) in [4.78, 5) is 12.2. The largest absolute Gasteiger partial charge is 0.334 e. The van der Waals surface area contributed by atoms with E-state index in [1.807, 2.05) is 0 Å². The first-order valence-corrected chi connectivity index (χ1v) is 8.24. The van der Waals surface area contributed by atoms with Crippen LogP contribution in [-0.2, 0) is 10.0 Å². The SMILES string of the molecule is CCNS(=O)(=O)c1cccc(C(=O)NC2(C#N)CCC2)c1. The van der Waals surface area contributed by atoms with E-state index in [2.05, 4.69) is 16.1 Å². The molecule has 0 spiro atoms. The topological polar surface area (TPSA) is 99.1 Å². The quantitative estimate of drug-likeness (QED) is 0.852. The Hall–Kier alpha value is -1.91. The maximum Gasteiger partial charge on any atom is 0.252 e. The molecular formula is C14H17N3O3S. The summed E-state index contributed by atoms with van der Waals surface area (Å²) >= 11 is 0. The van der Waals surface area contributed by atoms with Crippen molar-refractivity contribution in [1.29, 1.82) is 5.26 Å². The van der Waals surface area contributed by atoms with E-state index < -0.39 is 21.5 Å². The van der Waals surface area contributed by atoms with Crippen molar-refractivity contribution in [3.63, 3.8) is 0 Å². The van der Waals surface area contributed by atoms with Crippen LogP contribution in [0.5, 0.6) is 0 Å². The molecule has 0 aromatic heterocycles. The van der Waals surface area contributed by atoms with Gasteiger partial charge in [-0.3, -0.25) is 4.79 Å². The van der Waals surface area contributed by atoms with Gasteiger partial charge in [0.05, 0.1) is 11.0 Å². The molecule has 0 aliphatic heterocycles. The number of rotatable bonds is 5. The summed E-state index contributed by atoms with van der Waals surface area (Å²) in [6.07, 6.45) is 2.16. The number of hydrogen-bond acceptors (Lipinski definition) is 4. The number of sulfonamides is 1. The molecule has 0 heterocycles. The Bertz CT molecular complexity index is 688. The van der Waals surface area contributed by atoms with Gasteiger partial charge in [0.1, 0.15) is 5.54 Å². The molecule has 0 atom stereocenters. The zero-order valence-corrected chi connectivity index (χ0v) is 12.5. The first kappa shape index (κ1) is 15.5. The monoisotopic (exact) mass is 307 g/mol. The molecule has 1 aliphatic rings. The van der Waals surface area contributed by atoms with Crippen molar-refractivity contribution in [2.24, 2.45) is 0 Å². The molecule has 0 radical (unpaired) electrons. The van der Waals surface area contributed by atoms with Gasteiger partial charge in [0.25, 0.3) is 5.91 Å². The third kappa shape index (κ3) is 3.23. The second kappa shape index (κ2) is 5.84. The van der Waals surface area contributed by atoms with E-state index in [1.54, 1.807) is 6.92 Å². The Kier molecular flexibility index (Phi) is 4.30. The van der Waals surface area contributed by atoms with Gasteiger partial charge < -0.3 is 5.32 Å². The van der Waals surface area contributed by atoms with Gasteiger partial charge in [-0.15, -0.1) is 0 Å². The van der Waals surface area contributed by atoms with Crippen molar-refractivity contribution in [3.05, 3.63) is 29.8 Å². The van der Waals surface area contributed by atoms with Gasteiger partial charge in [-0.1, -0.05) is 13.0 Å². The van der Waals surface area contributed by atoms with Crippen LogP contribution in [0.2, 0.25) is 0 Å². The predicted octanol–water partition coefficient (Wildman–Crippen LogP) is 1.16. The highest BCUT2D eigenvalue weighted by Gasteiger charge is 2.38. The average Bonchev–Trinajstić information content (AvgIpc) is 2.43. The molecule has 21 heavy (non-hydrogen) atoms. The molecule has 1 aliphatic carbocycles. The lowest BCUT2D eigenvalue weighted by molar-refractivity contribution is 0.0881. The van der Waals surface area contributed by atoms with Crippen LogP contribution in [0.15, 0.2) is 29.2 Å². The maximum absolute atomic E-state index is 12.2. The minimum Gasteiger partial charge on any atom is -0.334 e. The molecule has 0 unspecified atom stereocenters. The summed E-state index contributed by atoms with van der Waals surface area (Å²) in [5, 5.41) is 11.8. The minimum absolute atomic E-state index is 0.0385. The fourth-order valence-corrected chi connectivity index (χ4v) is 3.25. The molecule has 1 fully saturated rings. The molecule has 1 aromatic carbocycles. The van der Waals surface area contributed by atoms with E-state index in [1.165, 1.54) is 24.3 Å². The van der Waals surface area contributed by atoms with E-state index in [9.17, 15) is 13.2 Å². The lowest BCUT2D eigenvalue weighted by Gasteiger charge is -2.35. The Morgan fingerprint density at radius 1 is 1.43 bits per heavy atom. The average molecular weight is 307 g/mol. The van der Waals surface area contributed by atoms with Crippen LogP contribution in [0.25, 0.3) is 0 Å². The zero-order chi connectivity index (χ0) is 15.5. The highest BCUT2D eigenvalue weighted by atomic mass is 32.2. The number of amides is 1. The van der Waals surface area contributed by atoms with Crippen molar-refractivity contribution < 1.29 is 13.2 Å². The molecule has 2 N–H and O–H groups in total. The van der Waals surface area contributed by atoms with E-state index >= 15 is 0 Å². The first-order chi connectivity index (χ1) is 9.92. The van der Waals surface area contributed by atoms with E-state index in [0.717, 1.165) is 6.42 Å². The first-order valence-electron chi connectivity index (χ1n) is 6.76. The molecule has 1 amide bonds. The Balaban J connectivity index is 2.22. The van der Waals surface area contributed by atoms with Crippen molar-refractivity contribution in [2.75, 3.05) is 6.54 Å². The van der Waals surface area contributed by atoms with Gasteiger partial charge in [-0.2, -0.15) is 5.26 Å². The number of nitrogens with zero attached hydrogens (tertiary/aromatic N) is 1. The molecule has 0 bridgehead atoms. The fraction of sp³-hybridized carbons (Fsp3) is 0.429. The van der Waals surface area contributed by atoms with Gasteiger partial charge in [0.2, 0.25) is 10.0 Å². The highest BCUT2D eigenvalue weighted by Crippen LogP contribution is 2.31. The van der Waals surface area contributed by atoms with Gasteiger partial charge in [0.15, 0.2) is 0 Å². The number of carbonyl (C=O) groups excluding carboxylic acids is 1. The molecule has 2 rings (SSSR count). The molecule has 112 valence electrons. The van der Waals surface area contributed by atoms with Crippen LogP contribution in [0.1, 0.15) is 36.5 Å². The van der Waals surface area contributed by atoms with E-state index in [-0.39, 0.29) is 17.0 Å². The number of nitriles is 1. The number of carbonyl (C=O) groups is 1. The molecule has 1 saturated carbocycles. The molecule has 1 aromatic rings. The van der Waals surface area contributed by atoms with Gasteiger partial charge >= 0.3 is 0 Å². The number of nitrogens with one attached hydrogen (secondary N) is 2. The van der Waals surface area contributed by atoms with Crippen LogP contribution in [0.3, 0.4) is 0 Å². The Morgan fingerprint density at radius 3 is 2.67 bits per heavy atom. The minimum atomic E-state index is -3.60. The highest BCUT2D eigenvalue weighted by molar-refractivity contribution is 7.89. The van der Waals surface area contributed by atoms with Crippen LogP contribution in [0, 0.1) is 11.3 Å². The molecule has 7 heteroatoms. The molecule has 0 saturated heterocycles. The van der Waals surface area contributed by atoms with Crippen molar-refractivity contribution in [2.45, 2.75) is 36.6 Å². The second-order valence-corrected chi connectivity index (χ2v) is 6.80. The summed E-state index contributed by atoms with van der Waals surface area (Å²) < 4.78 is 26.2. The van der Waals surface area contributed by atoms with Crippen LogP contribution < -0.4 is 10.0 Å². The van der Waals surface area contributed by atoms with E-state index in [0.29, 0.717) is 12.8 Å². The second-order valence-electron chi connectivity index (χ2n) is 5.03. The lowest BCUT2D eigenvalue weighted by Crippen LogP contribution is -2.52. The smallest absolute Gasteiger partial charge is 0.252 e. The number of hydrogen-bond donors (Lipinski definition) is 2. The molecular weight excluding hydrogens is 290 g/mol. The summed E-state index contributed by atoms with van der Waals surface area (Å²) in [6, 6.07) is 7.91. The van der Waals surface area contributed by atoms with Crippen LogP contribution in [-0.4, -0.2) is 26.4 Å². The summed E-state index contributed by atoms with van der Waals surface area (Å²) in [5.74, 6) is -0.426. The summed E-state index contributed by atoms with van der Waals surface area (Å²) in [5.41, 5.74) is -0.566. The van der Waals surface area contributed by atoms with Gasteiger partial charge in [-0.25, -0.2) is 13.1 Å².